The van der Waals surface area contributed by atoms with E-state index in [1.807, 2.05) is 48.5 Å². The Morgan fingerprint density at radius 2 is 1.83 bits per heavy atom. The molecular formula is C22H15N3O3S. The molecule has 0 aliphatic heterocycles. The van der Waals surface area contributed by atoms with Gasteiger partial charge in [-0.05, 0) is 48.0 Å². The van der Waals surface area contributed by atoms with Crippen molar-refractivity contribution < 1.29 is 9.72 Å². The smallest absolute Gasteiger partial charge is 0.270 e. The van der Waals surface area contributed by atoms with Crippen LogP contribution in [0.25, 0.3) is 26.9 Å². The van der Waals surface area contributed by atoms with Crippen LogP contribution in [-0.4, -0.2) is 15.8 Å². The van der Waals surface area contributed by atoms with Crippen LogP contribution in [0.2, 0.25) is 0 Å². The van der Waals surface area contributed by atoms with E-state index in [4.69, 9.17) is 0 Å². The number of thiazole rings is 1. The third kappa shape index (κ3) is 4.36. The number of carbonyl (C=O) groups is 1. The molecular weight excluding hydrogens is 386 g/mol. The summed E-state index contributed by atoms with van der Waals surface area (Å²) in [5.74, 6) is -0.316. The maximum Gasteiger partial charge on any atom is 0.270 e. The second-order valence-electron chi connectivity index (χ2n) is 6.24. The van der Waals surface area contributed by atoms with Gasteiger partial charge in [0.15, 0.2) is 0 Å². The maximum atomic E-state index is 12.1. The number of carbonyl (C=O) groups excluding carboxylic acids is 1. The van der Waals surface area contributed by atoms with E-state index in [1.54, 1.807) is 23.5 Å². The molecule has 0 aliphatic carbocycles. The topological polar surface area (TPSA) is 85.1 Å². The Morgan fingerprint density at radius 3 is 2.59 bits per heavy atom. The van der Waals surface area contributed by atoms with Gasteiger partial charge < -0.3 is 5.32 Å². The molecule has 3 aromatic carbocycles. The number of nitro benzene ring substituents is 1. The summed E-state index contributed by atoms with van der Waals surface area (Å²) >= 11 is 1.62. The zero-order chi connectivity index (χ0) is 20.2. The highest BCUT2D eigenvalue weighted by Crippen LogP contribution is 2.30. The predicted octanol–water partition coefficient (Wildman–Crippen LogP) is 5.52. The SMILES string of the molecule is O=C(/C=C/c1cccc([N+](=O)[O-])c1)Nc1ccc(-c2nc3ccccc3s2)cc1. The molecule has 4 aromatic rings. The van der Waals surface area contributed by atoms with Crippen molar-refractivity contribution in [1.82, 2.24) is 4.98 Å². The summed E-state index contributed by atoms with van der Waals surface area (Å²) in [6.45, 7) is 0. The van der Waals surface area contributed by atoms with Gasteiger partial charge in [0.25, 0.3) is 5.69 Å². The monoisotopic (exact) mass is 401 g/mol. The van der Waals surface area contributed by atoms with E-state index in [-0.39, 0.29) is 11.6 Å². The van der Waals surface area contributed by atoms with Crippen molar-refractivity contribution in [1.29, 1.82) is 0 Å². The molecule has 142 valence electrons. The number of hydrogen-bond acceptors (Lipinski definition) is 5. The molecule has 7 heteroatoms. The van der Waals surface area contributed by atoms with Crippen LogP contribution in [0.4, 0.5) is 11.4 Å². The number of aromatic nitrogens is 1. The van der Waals surface area contributed by atoms with Crippen LogP contribution < -0.4 is 5.32 Å². The average Bonchev–Trinajstić information content (AvgIpc) is 3.17. The highest BCUT2D eigenvalue weighted by molar-refractivity contribution is 7.21. The van der Waals surface area contributed by atoms with E-state index in [9.17, 15) is 14.9 Å². The molecule has 0 saturated heterocycles. The standard InChI is InChI=1S/C22H15N3O3S/c26-21(13-8-15-4-3-5-18(14-15)25(27)28)23-17-11-9-16(10-12-17)22-24-19-6-1-2-7-20(19)29-22/h1-14H,(H,23,26)/b13-8+. The molecule has 6 nitrogen and oxygen atoms in total. The maximum absolute atomic E-state index is 12.1. The van der Waals surface area contributed by atoms with E-state index in [1.165, 1.54) is 24.3 Å². The highest BCUT2D eigenvalue weighted by Gasteiger charge is 2.07. The number of nitrogens with zero attached hydrogens (tertiary/aromatic N) is 2. The van der Waals surface area contributed by atoms with Crippen molar-refractivity contribution in [3.8, 4) is 10.6 Å². The number of non-ortho nitro benzene ring substituents is 1. The quantitative estimate of drug-likeness (QED) is 0.271. The summed E-state index contributed by atoms with van der Waals surface area (Å²) in [6, 6.07) is 21.5. The van der Waals surface area contributed by atoms with E-state index in [2.05, 4.69) is 10.3 Å². The van der Waals surface area contributed by atoms with Gasteiger partial charge in [-0.25, -0.2) is 4.98 Å². The molecule has 4 rings (SSSR count). The molecule has 0 aliphatic rings. The van der Waals surface area contributed by atoms with Gasteiger partial charge in [-0.3, -0.25) is 14.9 Å². The number of para-hydroxylation sites is 1. The molecule has 0 spiro atoms. The van der Waals surface area contributed by atoms with Crippen molar-refractivity contribution in [2.24, 2.45) is 0 Å². The summed E-state index contributed by atoms with van der Waals surface area (Å²) < 4.78 is 1.13. The Bertz CT molecular complexity index is 1200. The molecule has 1 heterocycles. The number of amides is 1. The Kier molecular flexibility index (Phi) is 5.13. The predicted molar refractivity (Wildman–Crippen MR) is 116 cm³/mol. The van der Waals surface area contributed by atoms with Crippen molar-refractivity contribution >= 4 is 44.9 Å². The molecule has 0 unspecified atom stereocenters. The van der Waals surface area contributed by atoms with Gasteiger partial charge in [0.2, 0.25) is 5.91 Å². The van der Waals surface area contributed by atoms with Crippen LogP contribution in [0, 0.1) is 10.1 Å². The average molecular weight is 401 g/mol. The lowest BCUT2D eigenvalue weighted by atomic mass is 10.2. The summed E-state index contributed by atoms with van der Waals surface area (Å²) in [4.78, 5) is 27.1. The first kappa shape index (κ1) is 18.5. The Hall–Kier alpha value is -3.84. The lowest BCUT2D eigenvalue weighted by Gasteiger charge is -2.03. The first-order valence-electron chi connectivity index (χ1n) is 8.78. The van der Waals surface area contributed by atoms with Crippen LogP contribution in [0.3, 0.4) is 0 Å². The van der Waals surface area contributed by atoms with E-state index in [0.717, 1.165) is 20.8 Å². The Labute approximate surface area is 170 Å². The van der Waals surface area contributed by atoms with Gasteiger partial charge in [-0.2, -0.15) is 0 Å². The molecule has 1 N–H and O–H groups in total. The van der Waals surface area contributed by atoms with Gasteiger partial charge in [-0.15, -0.1) is 11.3 Å². The van der Waals surface area contributed by atoms with Gasteiger partial charge in [0.1, 0.15) is 5.01 Å². The van der Waals surface area contributed by atoms with Crippen molar-refractivity contribution in [3.63, 3.8) is 0 Å². The first-order chi connectivity index (χ1) is 14.1. The number of rotatable bonds is 5. The van der Waals surface area contributed by atoms with Crippen LogP contribution in [-0.2, 0) is 4.79 Å². The minimum atomic E-state index is -0.468. The summed E-state index contributed by atoms with van der Waals surface area (Å²) in [5, 5.41) is 14.5. The number of hydrogen-bond donors (Lipinski definition) is 1. The molecule has 29 heavy (non-hydrogen) atoms. The molecule has 0 bridgehead atoms. The second-order valence-corrected chi connectivity index (χ2v) is 7.27. The largest absolute Gasteiger partial charge is 0.323 e. The summed E-state index contributed by atoms with van der Waals surface area (Å²) in [5.41, 5.74) is 3.18. The summed E-state index contributed by atoms with van der Waals surface area (Å²) in [7, 11) is 0. The molecule has 0 fully saturated rings. The van der Waals surface area contributed by atoms with Crippen LogP contribution >= 0.6 is 11.3 Å². The zero-order valence-electron chi connectivity index (χ0n) is 15.1. The van der Waals surface area contributed by atoms with Crippen LogP contribution in [0.15, 0.2) is 78.9 Å². The molecule has 0 atom stereocenters. The Balaban J connectivity index is 1.43. The lowest BCUT2D eigenvalue weighted by Crippen LogP contribution is -2.07. The number of anilines is 1. The zero-order valence-corrected chi connectivity index (χ0v) is 15.9. The van der Waals surface area contributed by atoms with Crippen molar-refractivity contribution in [2.75, 3.05) is 5.32 Å². The van der Waals surface area contributed by atoms with E-state index in [0.29, 0.717) is 11.3 Å². The summed E-state index contributed by atoms with van der Waals surface area (Å²) in [6.07, 6.45) is 2.89. The fraction of sp³-hybridized carbons (Fsp3) is 0. The Morgan fingerprint density at radius 1 is 1.03 bits per heavy atom. The van der Waals surface area contributed by atoms with E-state index >= 15 is 0 Å². The fourth-order valence-corrected chi connectivity index (χ4v) is 3.76. The van der Waals surface area contributed by atoms with Gasteiger partial charge in [0, 0.05) is 29.5 Å². The van der Waals surface area contributed by atoms with Gasteiger partial charge in [-0.1, -0.05) is 24.3 Å². The third-order valence-electron chi connectivity index (χ3n) is 4.20. The first-order valence-corrected chi connectivity index (χ1v) is 9.60. The van der Waals surface area contributed by atoms with Crippen molar-refractivity contribution in [2.45, 2.75) is 0 Å². The fourth-order valence-electron chi connectivity index (χ4n) is 2.79. The number of nitrogens with one attached hydrogen (secondary N) is 1. The number of fused-ring (bicyclic) bond motifs is 1. The molecule has 0 saturated carbocycles. The normalized spacial score (nSPS) is 11.0. The minimum absolute atomic E-state index is 0.0157. The third-order valence-corrected chi connectivity index (χ3v) is 5.29. The van der Waals surface area contributed by atoms with E-state index < -0.39 is 4.92 Å². The number of nitro groups is 1. The second kappa shape index (κ2) is 8.04. The van der Waals surface area contributed by atoms with Crippen LogP contribution in [0.1, 0.15) is 5.56 Å². The molecule has 1 aromatic heterocycles. The van der Waals surface area contributed by atoms with Gasteiger partial charge in [0.05, 0.1) is 15.1 Å². The molecule has 1 amide bonds. The van der Waals surface area contributed by atoms with Crippen molar-refractivity contribution in [3.05, 3.63) is 94.6 Å². The van der Waals surface area contributed by atoms with Gasteiger partial charge >= 0.3 is 0 Å². The van der Waals surface area contributed by atoms with Crippen LogP contribution in [0.5, 0.6) is 0 Å². The minimum Gasteiger partial charge on any atom is -0.323 e. The molecule has 0 radical (unpaired) electrons. The lowest BCUT2D eigenvalue weighted by molar-refractivity contribution is -0.384. The number of benzene rings is 3. The highest BCUT2D eigenvalue weighted by atomic mass is 32.1.